The van der Waals surface area contributed by atoms with Crippen LogP contribution in [0.5, 0.6) is 5.75 Å². The fourth-order valence-corrected chi connectivity index (χ4v) is 2.29. The molecule has 0 aromatic heterocycles. The molecule has 0 saturated heterocycles. The van der Waals surface area contributed by atoms with Crippen molar-refractivity contribution in [3.8, 4) is 5.75 Å². The molecule has 0 radical (unpaired) electrons. The van der Waals surface area contributed by atoms with Crippen LogP contribution in [-0.4, -0.2) is 18.8 Å². The van der Waals surface area contributed by atoms with Crippen LogP contribution in [0.2, 0.25) is 0 Å². The molecule has 3 heteroatoms. The van der Waals surface area contributed by atoms with Crippen LogP contribution in [0.1, 0.15) is 18.1 Å². The number of hydrogen-bond donors (Lipinski definition) is 2. The first-order valence-corrected chi connectivity index (χ1v) is 6.68. The standard InChI is InChI=1S/C17H21NO2/c1-13-9-10-16(20-3)15(11-13)17(2,12-19)18-14-7-5-4-6-8-14/h4-11,18-19H,12H2,1-3H3. The van der Waals surface area contributed by atoms with E-state index in [2.05, 4.69) is 5.32 Å². The summed E-state index contributed by atoms with van der Waals surface area (Å²) in [7, 11) is 1.65. The van der Waals surface area contributed by atoms with E-state index in [9.17, 15) is 5.11 Å². The van der Waals surface area contributed by atoms with Crippen LogP contribution in [0.3, 0.4) is 0 Å². The summed E-state index contributed by atoms with van der Waals surface area (Å²) in [6.07, 6.45) is 0. The highest BCUT2D eigenvalue weighted by Gasteiger charge is 2.29. The van der Waals surface area contributed by atoms with Gasteiger partial charge in [-0.1, -0.05) is 29.8 Å². The Kier molecular flexibility index (Phi) is 4.30. The summed E-state index contributed by atoms with van der Waals surface area (Å²) >= 11 is 0. The van der Waals surface area contributed by atoms with E-state index in [4.69, 9.17) is 4.74 Å². The molecule has 0 heterocycles. The lowest BCUT2D eigenvalue weighted by atomic mass is 9.90. The second-order valence-electron chi connectivity index (χ2n) is 5.18. The Bertz CT molecular complexity index is 568. The van der Waals surface area contributed by atoms with E-state index >= 15 is 0 Å². The van der Waals surface area contributed by atoms with E-state index in [0.29, 0.717) is 0 Å². The number of hydrogen-bond acceptors (Lipinski definition) is 3. The second kappa shape index (κ2) is 5.97. The predicted octanol–water partition coefficient (Wildman–Crippen LogP) is 3.32. The molecule has 2 N–H and O–H groups in total. The zero-order valence-corrected chi connectivity index (χ0v) is 12.2. The van der Waals surface area contributed by atoms with Crippen LogP contribution < -0.4 is 10.1 Å². The number of nitrogens with one attached hydrogen (secondary N) is 1. The van der Waals surface area contributed by atoms with Crippen molar-refractivity contribution in [3.63, 3.8) is 0 Å². The molecule has 2 aromatic carbocycles. The van der Waals surface area contributed by atoms with Crippen molar-refractivity contribution in [3.05, 3.63) is 59.7 Å². The zero-order chi connectivity index (χ0) is 14.6. The Morgan fingerprint density at radius 3 is 2.45 bits per heavy atom. The number of methoxy groups -OCH3 is 1. The van der Waals surface area contributed by atoms with Gasteiger partial charge in [0.15, 0.2) is 0 Å². The Morgan fingerprint density at radius 2 is 1.85 bits per heavy atom. The minimum absolute atomic E-state index is 0.0261. The maximum absolute atomic E-state index is 9.89. The molecule has 106 valence electrons. The Hall–Kier alpha value is -2.00. The quantitative estimate of drug-likeness (QED) is 0.876. The molecule has 2 aromatic rings. The van der Waals surface area contributed by atoms with Crippen molar-refractivity contribution >= 4 is 5.69 Å². The van der Waals surface area contributed by atoms with E-state index < -0.39 is 5.54 Å². The molecule has 0 aliphatic heterocycles. The van der Waals surface area contributed by atoms with Crippen LogP contribution in [0, 0.1) is 6.92 Å². The normalized spacial score (nSPS) is 13.6. The van der Waals surface area contributed by atoms with Gasteiger partial charge in [0, 0.05) is 11.3 Å². The average Bonchev–Trinajstić information content (AvgIpc) is 2.48. The van der Waals surface area contributed by atoms with Gasteiger partial charge in [-0.2, -0.15) is 0 Å². The van der Waals surface area contributed by atoms with E-state index in [1.165, 1.54) is 0 Å². The van der Waals surface area contributed by atoms with Gasteiger partial charge in [0.2, 0.25) is 0 Å². The SMILES string of the molecule is COc1ccc(C)cc1C(C)(CO)Nc1ccccc1. The molecule has 1 unspecified atom stereocenters. The van der Waals surface area contributed by atoms with Gasteiger partial charge in [0.1, 0.15) is 5.75 Å². The minimum Gasteiger partial charge on any atom is -0.496 e. The van der Waals surface area contributed by atoms with Gasteiger partial charge in [-0.25, -0.2) is 0 Å². The van der Waals surface area contributed by atoms with E-state index in [1.807, 2.05) is 62.4 Å². The van der Waals surface area contributed by atoms with Crippen LogP contribution in [0.25, 0.3) is 0 Å². The molecule has 0 aliphatic rings. The Balaban J connectivity index is 2.42. The number of ether oxygens (including phenoxy) is 1. The van der Waals surface area contributed by atoms with E-state index in [1.54, 1.807) is 7.11 Å². The topological polar surface area (TPSA) is 41.5 Å². The molecule has 20 heavy (non-hydrogen) atoms. The van der Waals surface area contributed by atoms with Crippen LogP contribution in [-0.2, 0) is 5.54 Å². The molecular weight excluding hydrogens is 250 g/mol. The summed E-state index contributed by atoms with van der Waals surface area (Å²) in [6, 6.07) is 15.8. The maximum Gasteiger partial charge on any atom is 0.124 e. The van der Waals surface area contributed by atoms with Gasteiger partial charge in [0.05, 0.1) is 19.3 Å². The number of rotatable bonds is 5. The van der Waals surface area contributed by atoms with Gasteiger partial charge in [-0.3, -0.25) is 0 Å². The number of aliphatic hydroxyl groups is 1. The molecule has 0 fully saturated rings. The molecule has 2 rings (SSSR count). The number of aliphatic hydroxyl groups excluding tert-OH is 1. The van der Waals surface area contributed by atoms with Gasteiger partial charge in [-0.05, 0) is 38.1 Å². The average molecular weight is 271 g/mol. The van der Waals surface area contributed by atoms with Gasteiger partial charge in [-0.15, -0.1) is 0 Å². The summed E-state index contributed by atoms with van der Waals surface area (Å²) in [4.78, 5) is 0. The molecule has 0 bridgehead atoms. The second-order valence-corrected chi connectivity index (χ2v) is 5.18. The Labute approximate surface area is 120 Å². The van der Waals surface area contributed by atoms with Crippen molar-refractivity contribution < 1.29 is 9.84 Å². The van der Waals surface area contributed by atoms with E-state index in [0.717, 1.165) is 22.6 Å². The zero-order valence-electron chi connectivity index (χ0n) is 12.2. The van der Waals surface area contributed by atoms with Gasteiger partial charge in [0.25, 0.3) is 0 Å². The predicted molar refractivity (Wildman–Crippen MR) is 82.2 cm³/mol. The molecule has 0 spiro atoms. The van der Waals surface area contributed by atoms with Crippen LogP contribution in [0.15, 0.2) is 48.5 Å². The highest BCUT2D eigenvalue weighted by molar-refractivity contribution is 5.51. The lowest BCUT2D eigenvalue weighted by Crippen LogP contribution is -2.36. The van der Waals surface area contributed by atoms with E-state index in [-0.39, 0.29) is 6.61 Å². The van der Waals surface area contributed by atoms with Crippen LogP contribution in [0.4, 0.5) is 5.69 Å². The fraction of sp³-hybridized carbons (Fsp3) is 0.294. The summed E-state index contributed by atoms with van der Waals surface area (Å²) in [5, 5.41) is 13.3. The first-order valence-electron chi connectivity index (χ1n) is 6.68. The first kappa shape index (κ1) is 14.4. The Morgan fingerprint density at radius 1 is 1.15 bits per heavy atom. The lowest BCUT2D eigenvalue weighted by Gasteiger charge is -2.32. The molecule has 0 amide bonds. The molecule has 1 atom stereocenters. The van der Waals surface area contributed by atoms with Crippen LogP contribution >= 0.6 is 0 Å². The maximum atomic E-state index is 9.89. The van der Waals surface area contributed by atoms with Crippen molar-refractivity contribution in [2.24, 2.45) is 0 Å². The minimum atomic E-state index is -0.598. The highest BCUT2D eigenvalue weighted by Crippen LogP contribution is 2.33. The number of aryl methyl sites for hydroxylation is 1. The van der Waals surface area contributed by atoms with Crippen molar-refractivity contribution in [1.82, 2.24) is 0 Å². The lowest BCUT2D eigenvalue weighted by molar-refractivity contribution is 0.220. The largest absolute Gasteiger partial charge is 0.496 e. The molecule has 0 saturated carbocycles. The third-order valence-corrected chi connectivity index (χ3v) is 3.46. The van der Waals surface area contributed by atoms with Gasteiger partial charge < -0.3 is 15.2 Å². The van der Waals surface area contributed by atoms with Gasteiger partial charge >= 0.3 is 0 Å². The summed E-state index contributed by atoms with van der Waals surface area (Å²) < 4.78 is 5.43. The molecule has 0 aliphatic carbocycles. The summed E-state index contributed by atoms with van der Waals surface area (Å²) in [6.45, 7) is 3.97. The number of anilines is 1. The van der Waals surface area contributed by atoms with Crippen molar-refractivity contribution in [1.29, 1.82) is 0 Å². The third-order valence-electron chi connectivity index (χ3n) is 3.46. The van der Waals surface area contributed by atoms with Crippen molar-refractivity contribution in [2.75, 3.05) is 19.0 Å². The monoisotopic (exact) mass is 271 g/mol. The number of para-hydroxylation sites is 1. The highest BCUT2D eigenvalue weighted by atomic mass is 16.5. The number of benzene rings is 2. The van der Waals surface area contributed by atoms with Crippen molar-refractivity contribution in [2.45, 2.75) is 19.4 Å². The summed E-state index contributed by atoms with van der Waals surface area (Å²) in [5.74, 6) is 0.774. The fourth-order valence-electron chi connectivity index (χ4n) is 2.29. The first-order chi connectivity index (χ1) is 9.59. The third kappa shape index (κ3) is 2.94. The smallest absolute Gasteiger partial charge is 0.124 e. The summed E-state index contributed by atoms with van der Waals surface area (Å²) in [5.41, 5.74) is 2.45. The molecule has 3 nitrogen and oxygen atoms in total. The molecular formula is C17H21NO2.